The van der Waals surface area contributed by atoms with Crippen LogP contribution in [0.15, 0.2) is 0 Å². The molecular formula is C11H14ClF3N2. The van der Waals surface area contributed by atoms with E-state index in [1.165, 1.54) is 0 Å². The van der Waals surface area contributed by atoms with Gasteiger partial charge in [-0.1, -0.05) is 25.4 Å². The van der Waals surface area contributed by atoms with E-state index < -0.39 is 12.6 Å². The largest absolute Gasteiger partial charge is 0.389 e. The molecule has 0 saturated heterocycles. The summed E-state index contributed by atoms with van der Waals surface area (Å²) in [7, 11) is 0. The van der Waals surface area contributed by atoms with Crippen molar-refractivity contribution in [2.24, 2.45) is 0 Å². The average Bonchev–Trinajstić information content (AvgIpc) is 2.11. The fourth-order valence-electron chi connectivity index (χ4n) is 1.62. The van der Waals surface area contributed by atoms with Gasteiger partial charge < -0.3 is 0 Å². The summed E-state index contributed by atoms with van der Waals surface area (Å²) in [4.78, 5) is 7.98. The molecule has 1 heterocycles. The summed E-state index contributed by atoms with van der Waals surface area (Å²) in [6, 6.07) is 0. The zero-order valence-corrected chi connectivity index (χ0v) is 10.7. The summed E-state index contributed by atoms with van der Waals surface area (Å²) in [5.74, 6) is 0.299. The van der Waals surface area contributed by atoms with Gasteiger partial charge in [-0.05, 0) is 12.8 Å². The third-order valence-electron chi connectivity index (χ3n) is 2.35. The van der Waals surface area contributed by atoms with Crippen molar-refractivity contribution >= 4 is 11.6 Å². The zero-order valence-electron chi connectivity index (χ0n) is 9.90. The van der Waals surface area contributed by atoms with E-state index in [0.29, 0.717) is 5.69 Å². The van der Waals surface area contributed by atoms with Gasteiger partial charge in [0.1, 0.15) is 11.0 Å². The van der Waals surface area contributed by atoms with Crippen LogP contribution in [0.1, 0.15) is 43.3 Å². The van der Waals surface area contributed by atoms with Crippen LogP contribution in [0.3, 0.4) is 0 Å². The lowest BCUT2D eigenvalue weighted by Gasteiger charge is -2.12. The highest BCUT2D eigenvalue weighted by atomic mass is 35.5. The predicted octanol–water partition coefficient (Wildman–Crippen LogP) is 4.06. The van der Waals surface area contributed by atoms with Crippen molar-refractivity contribution < 1.29 is 13.2 Å². The van der Waals surface area contributed by atoms with Crippen LogP contribution in [0.4, 0.5) is 13.2 Å². The van der Waals surface area contributed by atoms with Crippen LogP contribution in [0.5, 0.6) is 0 Å². The number of hydrogen-bond donors (Lipinski definition) is 0. The van der Waals surface area contributed by atoms with Gasteiger partial charge in [-0.2, -0.15) is 13.2 Å². The quantitative estimate of drug-likeness (QED) is 0.771. The molecule has 1 aromatic rings. The molecule has 0 spiro atoms. The number of hydrogen-bond acceptors (Lipinski definition) is 2. The van der Waals surface area contributed by atoms with E-state index in [1.807, 2.05) is 13.8 Å². The highest BCUT2D eigenvalue weighted by molar-refractivity contribution is 6.30. The van der Waals surface area contributed by atoms with Crippen LogP contribution < -0.4 is 0 Å². The molecule has 96 valence electrons. The van der Waals surface area contributed by atoms with Crippen molar-refractivity contribution in [1.29, 1.82) is 0 Å². The first-order chi connectivity index (χ1) is 7.70. The minimum absolute atomic E-state index is 0.147. The Bertz CT molecular complexity index is 379. The fraction of sp³-hybridized carbons (Fsp3) is 0.636. The first-order valence-corrected chi connectivity index (χ1v) is 5.68. The van der Waals surface area contributed by atoms with E-state index in [0.717, 1.165) is 5.56 Å². The second-order valence-corrected chi connectivity index (χ2v) is 4.56. The lowest BCUT2D eigenvalue weighted by molar-refractivity contribution is -0.134. The van der Waals surface area contributed by atoms with Gasteiger partial charge in [-0.25, -0.2) is 9.97 Å². The van der Waals surface area contributed by atoms with Crippen molar-refractivity contribution in [1.82, 2.24) is 9.97 Å². The summed E-state index contributed by atoms with van der Waals surface area (Å²) < 4.78 is 36.2. The monoisotopic (exact) mass is 266 g/mol. The summed E-state index contributed by atoms with van der Waals surface area (Å²) >= 11 is 5.95. The molecular weight excluding hydrogens is 253 g/mol. The Morgan fingerprint density at radius 2 is 1.82 bits per heavy atom. The topological polar surface area (TPSA) is 25.8 Å². The van der Waals surface area contributed by atoms with Crippen molar-refractivity contribution in [3.63, 3.8) is 0 Å². The van der Waals surface area contributed by atoms with Crippen LogP contribution in [-0.4, -0.2) is 16.1 Å². The average molecular weight is 267 g/mol. The second kappa shape index (κ2) is 5.21. The molecule has 0 atom stereocenters. The molecule has 0 aliphatic rings. The van der Waals surface area contributed by atoms with E-state index in [2.05, 4.69) is 9.97 Å². The molecule has 0 amide bonds. The van der Waals surface area contributed by atoms with E-state index >= 15 is 0 Å². The Morgan fingerprint density at radius 1 is 1.24 bits per heavy atom. The molecule has 0 saturated carbocycles. The van der Waals surface area contributed by atoms with Gasteiger partial charge in [0.2, 0.25) is 0 Å². The summed E-state index contributed by atoms with van der Waals surface area (Å²) in [6.45, 7) is 5.61. The molecule has 17 heavy (non-hydrogen) atoms. The third-order valence-corrected chi connectivity index (χ3v) is 2.63. The smallest absolute Gasteiger partial charge is 0.238 e. The molecule has 0 N–H and O–H groups in total. The van der Waals surface area contributed by atoms with Gasteiger partial charge >= 0.3 is 6.18 Å². The number of nitrogens with zero attached hydrogens (tertiary/aromatic N) is 2. The number of alkyl halides is 3. The highest BCUT2D eigenvalue weighted by Crippen LogP contribution is 2.26. The van der Waals surface area contributed by atoms with Gasteiger partial charge in [-0.3, -0.25) is 0 Å². The standard InChI is InChI=1S/C11H14ClF3N2/c1-6(2)9-7(3)16-8(17-10(9)12)4-5-11(13,14)15/h6H,4-5H2,1-3H3. The maximum absolute atomic E-state index is 12.1. The molecule has 0 aliphatic heterocycles. The second-order valence-electron chi connectivity index (χ2n) is 4.20. The minimum atomic E-state index is -4.19. The maximum atomic E-state index is 12.1. The predicted molar refractivity (Wildman–Crippen MR) is 60.2 cm³/mol. The highest BCUT2D eigenvalue weighted by Gasteiger charge is 2.27. The minimum Gasteiger partial charge on any atom is -0.238 e. The summed E-state index contributed by atoms with van der Waals surface area (Å²) in [5, 5.41) is 0.254. The first-order valence-electron chi connectivity index (χ1n) is 5.30. The molecule has 1 rings (SSSR count). The van der Waals surface area contributed by atoms with Crippen molar-refractivity contribution in [2.75, 3.05) is 0 Å². The van der Waals surface area contributed by atoms with Crippen LogP contribution >= 0.6 is 11.6 Å². The lowest BCUT2D eigenvalue weighted by atomic mass is 10.0. The first kappa shape index (κ1) is 14.2. The van der Waals surface area contributed by atoms with E-state index in [-0.39, 0.29) is 23.3 Å². The zero-order chi connectivity index (χ0) is 13.2. The van der Waals surface area contributed by atoms with Crippen molar-refractivity contribution in [2.45, 2.75) is 45.7 Å². The molecule has 2 nitrogen and oxygen atoms in total. The molecule has 0 bridgehead atoms. The van der Waals surface area contributed by atoms with Gasteiger partial charge in [-0.15, -0.1) is 0 Å². The molecule has 1 aromatic heterocycles. The van der Waals surface area contributed by atoms with Crippen LogP contribution in [0, 0.1) is 6.92 Å². The number of aryl methyl sites for hydroxylation is 2. The van der Waals surface area contributed by atoms with Crippen molar-refractivity contribution in [3.8, 4) is 0 Å². The van der Waals surface area contributed by atoms with Crippen LogP contribution in [0.25, 0.3) is 0 Å². The molecule has 6 heteroatoms. The fourth-order valence-corrected chi connectivity index (χ4v) is 2.08. The Balaban J connectivity index is 2.91. The van der Waals surface area contributed by atoms with Crippen LogP contribution in [0.2, 0.25) is 5.15 Å². The van der Waals surface area contributed by atoms with Gasteiger partial charge in [0.05, 0.1) is 6.42 Å². The normalized spacial score (nSPS) is 12.2. The summed E-state index contributed by atoms with van der Waals surface area (Å²) in [5.41, 5.74) is 1.44. The molecule has 0 unspecified atom stereocenters. The lowest BCUT2D eigenvalue weighted by Crippen LogP contribution is -2.11. The Hall–Kier alpha value is -0.840. The number of aromatic nitrogens is 2. The summed E-state index contributed by atoms with van der Waals surface area (Å²) in [6.07, 6.45) is -5.35. The van der Waals surface area contributed by atoms with Gasteiger partial charge in [0, 0.05) is 17.7 Å². The molecule has 0 radical (unpaired) electrons. The van der Waals surface area contributed by atoms with Crippen LogP contribution in [-0.2, 0) is 6.42 Å². The Kier molecular flexibility index (Phi) is 4.36. The molecule has 0 aliphatic carbocycles. The molecule has 0 aromatic carbocycles. The van der Waals surface area contributed by atoms with E-state index in [9.17, 15) is 13.2 Å². The Morgan fingerprint density at radius 3 is 2.24 bits per heavy atom. The van der Waals surface area contributed by atoms with E-state index in [4.69, 9.17) is 11.6 Å². The van der Waals surface area contributed by atoms with Crippen molar-refractivity contribution in [3.05, 3.63) is 22.2 Å². The maximum Gasteiger partial charge on any atom is 0.389 e. The van der Waals surface area contributed by atoms with Gasteiger partial charge in [0.25, 0.3) is 0 Å². The number of halogens is 4. The third kappa shape index (κ3) is 4.15. The van der Waals surface area contributed by atoms with Gasteiger partial charge in [0.15, 0.2) is 0 Å². The molecule has 0 fully saturated rings. The SMILES string of the molecule is Cc1nc(CCC(F)(F)F)nc(Cl)c1C(C)C. The number of rotatable bonds is 3. The van der Waals surface area contributed by atoms with E-state index in [1.54, 1.807) is 6.92 Å². The Labute approximate surface area is 103 Å².